The molecule has 1 amide bonds. The van der Waals surface area contributed by atoms with Crippen molar-refractivity contribution in [1.82, 2.24) is 25.0 Å². The number of hydrogen-bond donors (Lipinski definition) is 1. The predicted molar refractivity (Wildman–Crippen MR) is 114 cm³/mol. The molecule has 28 heavy (non-hydrogen) atoms. The standard InChI is InChI=1S/C20H27N5O.2ClH/c26-19(20(8-10-21-11-9-20)18-6-2-1-3-7-18)24-12-4-5-17(13-24)14-25-16-22-15-23-25;;/h1-3,6-7,15-17,21H,4-5,8-14H2;2*1H. The molecule has 0 radical (unpaired) electrons. The van der Waals surface area contributed by atoms with Gasteiger partial charge >= 0.3 is 0 Å². The lowest BCUT2D eigenvalue weighted by molar-refractivity contribution is -0.140. The fourth-order valence-electron chi connectivity index (χ4n) is 4.53. The lowest BCUT2D eigenvalue weighted by atomic mass is 9.71. The Kier molecular flexibility index (Phi) is 8.28. The first-order valence-corrected chi connectivity index (χ1v) is 9.66. The first kappa shape index (κ1) is 22.7. The van der Waals surface area contributed by atoms with Crippen molar-refractivity contribution in [3.8, 4) is 0 Å². The minimum absolute atomic E-state index is 0. The van der Waals surface area contributed by atoms with Crippen LogP contribution in [0, 0.1) is 5.92 Å². The monoisotopic (exact) mass is 425 g/mol. The Morgan fingerprint density at radius 2 is 1.93 bits per heavy atom. The Morgan fingerprint density at radius 1 is 1.18 bits per heavy atom. The number of piperidine rings is 2. The van der Waals surface area contributed by atoms with Crippen molar-refractivity contribution < 1.29 is 4.79 Å². The van der Waals surface area contributed by atoms with E-state index in [1.807, 2.05) is 10.7 Å². The van der Waals surface area contributed by atoms with E-state index in [-0.39, 0.29) is 30.2 Å². The number of nitrogens with zero attached hydrogens (tertiary/aromatic N) is 4. The zero-order chi connectivity index (χ0) is 17.8. The Balaban J connectivity index is 0.00000140. The molecule has 0 aliphatic carbocycles. The van der Waals surface area contributed by atoms with Crippen LogP contribution in [0.2, 0.25) is 0 Å². The van der Waals surface area contributed by atoms with E-state index >= 15 is 0 Å². The molecule has 1 aromatic carbocycles. The normalized spacial score (nSPS) is 21.3. The van der Waals surface area contributed by atoms with E-state index in [0.717, 1.165) is 58.4 Å². The highest BCUT2D eigenvalue weighted by Gasteiger charge is 2.44. The molecule has 1 N–H and O–H groups in total. The van der Waals surface area contributed by atoms with Crippen molar-refractivity contribution in [3.63, 3.8) is 0 Å². The molecule has 0 bridgehead atoms. The highest BCUT2D eigenvalue weighted by atomic mass is 35.5. The topological polar surface area (TPSA) is 63.1 Å². The van der Waals surface area contributed by atoms with Crippen molar-refractivity contribution in [3.05, 3.63) is 48.5 Å². The van der Waals surface area contributed by atoms with Crippen LogP contribution >= 0.6 is 24.8 Å². The van der Waals surface area contributed by atoms with Gasteiger partial charge in [0.1, 0.15) is 12.7 Å². The number of benzene rings is 1. The molecule has 1 atom stereocenters. The molecular formula is C20H29Cl2N5O. The summed E-state index contributed by atoms with van der Waals surface area (Å²) >= 11 is 0. The first-order chi connectivity index (χ1) is 12.8. The van der Waals surface area contributed by atoms with Crippen molar-refractivity contribution in [2.45, 2.75) is 37.6 Å². The molecule has 154 valence electrons. The minimum Gasteiger partial charge on any atom is -0.342 e. The SMILES string of the molecule is Cl.Cl.O=C(N1CCCC(Cn2cncn2)C1)C1(c2ccccc2)CCNCC1. The number of halogens is 2. The zero-order valence-electron chi connectivity index (χ0n) is 16.0. The number of rotatable bonds is 4. The summed E-state index contributed by atoms with van der Waals surface area (Å²) in [4.78, 5) is 19.8. The molecular weight excluding hydrogens is 397 g/mol. The third-order valence-corrected chi connectivity index (χ3v) is 5.91. The van der Waals surface area contributed by atoms with Crippen LogP contribution < -0.4 is 5.32 Å². The molecule has 6 nitrogen and oxygen atoms in total. The summed E-state index contributed by atoms with van der Waals surface area (Å²) < 4.78 is 1.89. The number of likely N-dealkylation sites (tertiary alicyclic amines) is 1. The minimum atomic E-state index is -0.373. The van der Waals surface area contributed by atoms with Crippen LogP contribution in [0.25, 0.3) is 0 Å². The van der Waals surface area contributed by atoms with E-state index in [2.05, 4.69) is 44.6 Å². The Bertz CT molecular complexity index is 719. The largest absolute Gasteiger partial charge is 0.342 e. The summed E-state index contributed by atoms with van der Waals surface area (Å²) in [6.07, 6.45) is 7.29. The Hall–Kier alpha value is -1.63. The molecule has 2 aliphatic heterocycles. The van der Waals surface area contributed by atoms with Gasteiger partial charge in [-0.05, 0) is 50.3 Å². The summed E-state index contributed by atoms with van der Waals surface area (Å²) in [5.74, 6) is 0.762. The van der Waals surface area contributed by atoms with E-state index in [0.29, 0.717) is 11.8 Å². The zero-order valence-corrected chi connectivity index (χ0v) is 17.6. The fraction of sp³-hybridized carbons (Fsp3) is 0.550. The van der Waals surface area contributed by atoms with Crippen LogP contribution in [-0.2, 0) is 16.8 Å². The lowest BCUT2D eigenvalue weighted by Crippen LogP contribution is -2.54. The summed E-state index contributed by atoms with van der Waals surface area (Å²) in [6, 6.07) is 10.4. The third kappa shape index (κ3) is 4.67. The molecule has 8 heteroatoms. The number of carbonyl (C=O) groups is 1. The molecule has 2 aliphatic rings. The van der Waals surface area contributed by atoms with Crippen LogP contribution in [0.15, 0.2) is 43.0 Å². The highest BCUT2D eigenvalue weighted by Crippen LogP contribution is 2.36. The Labute approximate surface area is 178 Å². The first-order valence-electron chi connectivity index (χ1n) is 9.66. The second-order valence-corrected chi connectivity index (χ2v) is 7.58. The smallest absolute Gasteiger partial charge is 0.233 e. The highest BCUT2D eigenvalue weighted by molar-refractivity contribution is 5.88. The second-order valence-electron chi connectivity index (χ2n) is 7.58. The van der Waals surface area contributed by atoms with Gasteiger partial charge in [-0.25, -0.2) is 4.98 Å². The summed E-state index contributed by atoms with van der Waals surface area (Å²) in [5, 5.41) is 7.64. The summed E-state index contributed by atoms with van der Waals surface area (Å²) in [6.45, 7) is 4.33. The molecule has 0 spiro atoms. The van der Waals surface area contributed by atoms with Crippen molar-refractivity contribution >= 4 is 30.7 Å². The van der Waals surface area contributed by atoms with Gasteiger partial charge in [0.2, 0.25) is 5.91 Å². The number of carbonyl (C=O) groups excluding carboxylic acids is 1. The molecule has 1 unspecified atom stereocenters. The molecule has 4 rings (SSSR count). The van der Waals surface area contributed by atoms with Gasteiger partial charge in [0.25, 0.3) is 0 Å². The summed E-state index contributed by atoms with van der Waals surface area (Å²) in [7, 11) is 0. The van der Waals surface area contributed by atoms with Crippen LogP contribution in [0.4, 0.5) is 0 Å². The van der Waals surface area contributed by atoms with Gasteiger partial charge in [-0.3, -0.25) is 9.48 Å². The van der Waals surface area contributed by atoms with E-state index in [1.165, 1.54) is 5.56 Å². The molecule has 3 heterocycles. The van der Waals surface area contributed by atoms with Gasteiger partial charge in [-0.15, -0.1) is 24.8 Å². The van der Waals surface area contributed by atoms with Gasteiger partial charge in [0, 0.05) is 19.6 Å². The molecule has 1 aromatic heterocycles. The van der Waals surface area contributed by atoms with Crippen LogP contribution in [-0.4, -0.2) is 51.8 Å². The van der Waals surface area contributed by atoms with Crippen LogP contribution in [0.3, 0.4) is 0 Å². The predicted octanol–water partition coefficient (Wildman–Crippen LogP) is 2.68. The maximum Gasteiger partial charge on any atom is 0.233 e. The molecule has 0 saturated carbocycles. The van der Waals surface area contributed by atoms with E-state index in [9.17, 15) is 4.79 Å². The number of nitrogens with one attached hydrogen (secondary N) is 1. The second kappa shape index (κ2) is 10.2. The van der Waals surface area contributed by atoms with Crippen molar-refractivity contribution in [2.75, 3.05) is 26.2 Å². The van der Waals surface area contributed by atoms with Gasteiger partial charge in [0.15, 0.2) is 0 Å². The third-order valence-electron chi connectivity index (χ3n) is 5.91. The van der Waals surface area contributed by atoms with Crippen molar-refractivity contribution in [1.29, 1.82) is 0 Å². The fourth-order valence-corrected chi connectivity index (χ4v) is 4.53. The van der Waals surface area contributed by atoms with E-state index in [4.69, 9.17) is 0 Å². The van der Waals surface area contributed by atoms with E-state index < -0.39 is 0 Å². The average Bonchev–Trinajstić information content (AvgIpc) is 3.22. The molecule has 2 fully saturated rings. The van der Waals surface area contributed by atoms with Gasteiger partial charge in [-0.2, -0.15) is 5.10 Å². The Morgan fingerprint density at radius 3 is 2.61 bits per heavy atom. The molecule has 2 saturated heterocycles. The number of aromatic nitrogens is 3. The number of amides is 1. The van der Waals surface area contributed by atoms with E-state index in [1.54, 1.807) is 12.7 Å². The van der Waals surface area contributed by atoms with Crippen LogP contribution in [0.1, 0.15) is 31.2 Å². The lowest BCUT2D eigenvalue weighted by Gasteiger charge is -2.43. The number of hydrogen-bond acceptors (Lipinski definition) is 4. The quantitative estimate of drug-likeness (QED) is 0.817. The maximum absolute atomic E-state index is 13.7. The summed E-state index contributed by atoms with van der Waals surface area (Å²) in [5.41, 5.74) is 0.798. The average molecular weight is 426 g/mol. The van der Waals surface area contributed by atoms with Crippen molar-refractivity contribution in [2.24, 2.45) is 5.92 Å². The van der Waals surface area contributed by atoms with Gasteiger partial charge in [-0.1, -0.05) is 30.3 Å². The van der Waals surface area contributed by atoms with Gasteiger partial charge < -0.3 is 10.2 Å². The maximum atomic E-state index is 13.7. The molecule has 2 aromatic rings. The van der Waals surface area contributed by atoms with Gasteiger partial charge in [0.05, 0.1) is 5.41 Å². The van der Waals surface area contributed by atoms with Crippen LogP contribution in [0.5, 0.6) is 0 Å².